The zero-order valence-electron chi connectivity index (χ0n) is 8.25. The minimum Gasteiger partial charge on any atom is -0.466 e. The summed E-state index contributed by atoms with van der Waals surface area (Å²) in [6.07, 6.45) is 2.66. The highest BCUT2D eigenvalue weighted by Crippen LogP contribution is 1.94. The van der Waals surface area contributed by atoms with E-state index in [2.05, 4.69) is 5.32 Å². The van der Waals surface area contributed by atoms with E-state index in [4.69, 9.17) is 4.74 Å². The number of carbonyl (C=O) groups is 3. The van der Waals surface area contributed by atoms with Crippen molar-refractivity contribution in [1.29, 1.82) is 0 Å². The number of rotatable bonds is 7. The molecule has 0 bridgehead atoms. The van der Waals surface area contributed by atoms with Crippen LogP contribution in [0.4, 0.5) is 0 Å². The molecule has 0 atom stereocenters. The van der Waals surface area contributed by atoms with Crippen LogP contribution in [0, 0.1) is 0 Å². The summed E-state index contributed by atoms with van der Waals surface area (Å²) in [6, 6.07) is 0. The molecule has 0 radical (unpaired) electrons. The van der Waals surface area contributed by atoms with Gasteiger partial charge in [-0.1, -0.05) is 0 Å². The number of unbranched alkanes of at least 4 members (excludes halogenated alkanes) is 2. The lowest BCUT2D eigenvalue weighted by Gasteiger charge is -2.02. The van der Waals surface area contributed by atoms with E-state index in [0.717, 1.165) is 19.3 Å². The number of ether oxygens (including phenoxy) is 1. The predicted molar refractivity (Wildman–Crippen MR) is 49.6 cm³/mol. The molecular formula is C9H15NO4. The van der Waals surface area contributed by atoms with Crippen molar-refractivity contribution in [3.8, 4) is 0 Å². The first kappa shape index (κ1) is 12.6. The van der Waals surface area contributed by atoms with Gasteiger partial charge >= 0.3 is 5.97 Å². The summed E-state index contributed by atoms with van der Waals surface area (Å²) >= 11 is 0. The molecule has 0 saturated heterocycles. The SMILES string of the molecule is CC(=O)OCCCCCNC(=O)C=O. The van der Waals surface area contributed by atoms with Crippen LogP contribution in [0.2, 0.25) is 0 Å². The van der Waals surface area contributed by atoms with Crippen LogP contribution >= 0.6 is 0 Å². The van der Waals surface area contributed by atoms with Crippen molar-refractivity contribution >= 4 is 18.2 Å². The van der Waals surface area contributed by atoms with Gasteiger partial charge in [-0.15, -0.1) is 0 Å². The third kappa shape index (κ3) is 8.70. The van der Waals surface area contributed by atoms with E-state index in [0.29, 0.717) is 13.2 Å². The molecule has 0 aliphatic heterocycles. The molecule has 0 rings (SSSR count). The second-order valence-electron chi connectivity index (χ2n) is 2.81. The Bertz CT molecular complexity index is 203. The van der Waals surface area contributed by atoms with E-state index in [1.807, 2.05) is 0 Å². The Morgan fingerprint density at radius 3 is 2.57 bits per heavy atom. The van der Waals surface area contributed by atoms with Crippen molar-refractivity contribution in [1.82, 2.24) is 5.32 Å². The quantitative estimate of drug-likeness (QED) is 0.273. The minimum atomic E-state index is -0.593. The summed E-state index contributed by atoms with van der Waals surface area (Å²) in [6.45, 7) is 2.26. The second kappa shape index (κ2) is 8.22. The third-order valence-corrected chi connectivity index (χ3v) is 1.53. The standard InChI is InChI=1S/C9H15NO4/c1-8(12)14-6-4-2-3-5-10-9(13)7-11/h7H,2-6H2,1H3,(H,10,13). The van der Waals surface area contributed by atoms with Crippen molar-refractivity contribution < 1.29 is 19.1 Å². The van der Waals surface area contributed by atoms with Crippen LogP contribution in [0.3, 0.4) is 0 Å². The number of esters is 1. The second-order valence-corrected chi connectivity index (χ2v) is 2.81. The van der Waals surface area contributed by atoms with Gasteiger partial charge in [0.1, 0.15) is 0 Å². The fourth-order valence-corrected chi connectivity index (χ4v) is 0.873. The Morgan fingerprint density at radius 2 is 2.00 bits per heavy atom. The van der Waals surface area contributed by atoms with E-state index >= 15 is 0 Å². The summed E-state index contributed by atoms with van der Waals surface area (Å²) in [5.74, 6) is -0.871. The Morgan fingerprint density at radius 1 is 1.29 bits per heavy atom. The van der Waals surface area contributed by atoms with Gasteiger partial charge in [0.2, 0.25) is 6.29 Å². The van der Waals surface area contributed by atoms with Crippen LogP contribution in [0.5, 0.6) is 0 Å². The lowest BCUT2D eigenvalue weighted by atomic mass is 10.2. The van der Waals surface area contributed by atoms with Crippen molar-refractivity contribution in [2.45, 2.75) is 26.2 Å². The van der Waals surface area contributed by atoms with Crippen LogP contribution in [0.15, 0.2) is 0 Å². The zero-order chi connectivity index (χ0) is 10.8. The van der Waals surface area contributed by atoms with E-state index < -0.39 is 5.91 Å². The summed E-state index contributed by atoms with van der Waals surface area (Å²) in [5, 5.41) is 2.42. The molecule has 0 aromatic rings. The van der Waals surface area contributed by atoms with E-state index in [1.165, 1.54) is 6.92 Å². The maximum Gasteiger partial charge on any atom is 0.302 e. The molecule has 0 aromatic carbocycles. The topological polar surface area (TPSA) is 72.5 Å². The van der Waals surface area contributed by atoms with Gasteiger partial charge in [-0.25, -0.2) is 0 Å². The van der Waals surface area contributed by atoms with E-state index in [1.54, 1.807) is 0 Å². The highest BCUT2D eigenvalue weighted by molar-refractivity contribution is 6.23. The summed E-state index contributed by atoms with van der Waals surface area (Å²) in [4.78, 5) is 30.7. The zero-order valence-corrected chi connectivity index (χ0v) is 8.25. The molecule has 14 heavy (non-hydrogen) atoms. The van der Waals surface area contributed by atoms with Crippen molar-refractivity contribution in [3.63, 3.8) is 0 Å². The van der Waals surface area contributed by atoms with Gasteiger partial charge in [-0.2, -0.15) is 0 Å². The molecule has 0 aliphatic carbocycles. The highest BCUT2D eigenvalue weighted by Gasteiger charge is 1.96. The van der Waals surface area contributed by atoms with Crippen LogP contribution in [0.25, 0.3) is 0 Å². The monoisotopic (exact) mass is 201 g/mol. The summed E-state index contributed by atoms with van der Waals surface area (Å²) in [7, 11) is 0. The first-order valence-electron chi connectivity index (χ1n) is 4.53. The summed E-state index contributed by atoms with van der Waals surface area (Å²) < 4.78 is 4.71. The molecule has 0 heterocycles. The first-order chi connectivity index (χ1) is 6.66. The maximum absolute atomic E-state index is 10.4. The Labute approximate surface area is 82.8 Å². The fraction of sp³-hybridized carbons (Fsp3) is 0.667. The lowest BCUT2D eigenvalue weighted by Crippen LogP contribution is -2.25. The molecule has 0 aliphatic rings. The molecular weight excluding hydrogens is 186 g/mol. The first-order valence-corrected chi connectivity index (χ1v) is 4.53. The van der Waals surface area contributed by atoms with Gasteiger partial charge in [-0.05, 0) is 19.3 Å². The van der Waals surface area contributed by atoms with Crippen LogP contribution in [0.1, 0.15) is 26.2 Å². The van der Waals surface area contributed by atoms with Gasteiger partial charge in [0.25, 0.3) is 5.91 Å². The molecule has 0 fully saturated rings. The number of nitrogens with one attached hydrogen (secondary N) is 1. The van der Waals surface area contributed by atoms with Crippen molar-refractivity contribution in [2.24, 2.45) is 0 Å². The van der Waals surface area contributed by atoms with Crippen LogP contribution in [-0.2, 0) is 19.1 Å². The molecule has 5 heteroatoms. The molecule has 0 spiro atoms. The van der Waals surface area contributed by atoms with Crippen LogP contribution < -0.4 is 5.32 Å². The smallest absolute Gasteiger partial charge is 0.302 e. The molecule has 5 nitrogen and oxygen atoms in total. The van der Waals surface area contributed by atoms with E-state index in [9.17, 15) is 14.4 Å². The lowest BCUT2D eigenvalue weighted by molar-refractivity contribution is -0.141. The van der Waals surface area contributed by atoms with Gasteiger partial charge in [0, 0.05) is 13.5 Å². The van der Waals surface area contributed by atoms with Gasteiger partial charge in [0.15, 0.2) is 0 Å². The normalized spacial score (nSPS) is 9.21. The minimum absolute atomic E-state index is 0.249. The van der Waals surface area contributed by atoms with Gasteiger partial charge in [-0.3, -0.25) is 14.4 Å². The van der Waals surface area contributed by atoms with Gasteiger partial charge in [0.05, 0.1) is 6.61 Å². The van der Waals surface area contributed by atoms with Gasteiger partial charge < -0.3 is 10.1 Å². The Kier molecular flexibility index (Phi) is 7.40. The Balaban J connectivity index is 3.10. The highest BCUT2D eigenvalue weighted by atomic mass is 16.5. The van der Waals surface area contributed by atoms with Crippen molar-refractivity contribution in [3.05, 3.63) is 0 Å². The van der Waals surface area contributed by atoms with E-state index in [-0.39, 0.29) is 12.3 Å². The molecule has 0 saturated carbocycles. The largest absolute Gasteiger partial charge is 0.466 e. The number of carbonyl (C=O) groups excluding carboxylic acids is 3. The Hall–Kier alpha value is -1.39. The molecule has 80 valence electrons. The average molecular weight is 201 g/mol. The predicted octanol–water partition coefficient (Wildman–Crippen LogP) is 0.0349. The fourth-order valence-electron chi connectivity index (χ4n) is 0.873. The third-order valence-electron chi connectivity index (χ3n) is 1.53. The molecule has 1 N–H and O–H groups in total. The maximum atomic E-state index is 10.4. The molecule has 0 aromatic heterocycles. The summed E-state index contributed by atoms with van der Waals surface area (Å²) in [5.41, 5.74) is 0. The number of amides is 1. The molecule has 0 unspecified atom stereocenters. The number of hydrogen-bond donors (Lipinski definition) is 1. The number of aldehydes is 1. The van der Waals surface area contributed by atoms with Crippen molar-refractivity contribution in [2.75, 3.05) is 13.2 Å². The molecule has 1 amide bonds. The average Bonchev–Trinajstić information content (AvgIpc) is 2.15. The van der Waals surface area contributed by atoms with Crippen LogP contribution in [-0.4, -0.2) is 31.3 Å². The number of hydrogen-bond acceptors (Lipinski definition) is 4.